The highest BCUT2D eigenvalue weighted by molar-refractivity contribution is 9.09. The van der Waals surface area contributed by atoms with Gasteiger partial charge in [-0.1, -0.05) is 28.8 Å². The quantitative estimate of drug-likeness (QED) is 0.868. The number of benzene rings is 1. The van der Waals surface area contributed by atoms with Crippen LogP contribution in [-0.2, 0) is 0 Å². The van der Waals surface area contributed by atoms with Gasteiger partial charge in [0.25, 0.3) is 5.91 Å². The van der Waals surface area contributed by atoms with Gasteiger partial charge in [-0.3, -0.25) is 4.79 Å². The molecule has 1 aromatic carbocycles. The van der Waals surface area contributed by atoms with Gasteiger partial charge < -0.3 is 10.0 Å². The minimum absolute atomic E-state index is 0.0707. The molecular weight excluding hydrogens is 294 g/mol. The summed E-state index contributed by atoms with van der Waals surface area (Å²) in [4.78, 5) is 14.4. The number of hydrogen-bond acceptors (Lipinski definition) is 2. The lowest BCUT2D eigenvalue weighted by Gasteiger charge is -2.28. The minimum Gasteiger partial charge on any atom is -0.508 e. The zero-order valence-electron chi connectivity index (χ0n) is 10.3. The fourth-order valence-electron chi connectivity index (χ4n) is 2.53. The number of carbonyl (C=O) groups is 1. The van der Waals surface area contributed by atoms with Crippen LogP contribution in [0.4, 0.5) is 0 Å². The molecule has 1 amide bonds. The van der Waals surface area contributed by atoms with Crippen molar-refractivity contribution >= 4 is 21.8 Å². The van der Waals surface area contributed by atoms with Crippen LogP contribution in [0.3, 0.4) is 0 Å². The zero-order valence-corrected chi connectivity index (χ0v) is 11.9. The molecule has 1 aliphatic rings. The van der Waals surface area contributed by atoms with Crippen LogP contribution in [0.1, 0.15) is 36.0 Å². The Hall–Kier alpha value is -1.03. The first kappa shape index (κ1) is 13.4. The first-order valence-corrected chi connectivity index (χ1v) is 7.50. The highest BCUT2D eigenvalue weighted by Crippen LogP contribution is 2.25. The molecule has 0 spiro atoms. The molecule has 4 heteroatoms. The van der Waals surface area contributed by atoms with Crippen LogP contribution in [-0.4, -0.2) is 33.8 Å². The van der Waals surface area contributed by atoms with Crippen LogP contribution in [0.2, 0.25) is 0 Å². The van der Waals surface area contributed by atoms with E-state index in [4.69, 9.17) is 0 Å². The van der Waals surface area contributed by atoms with Crippen molar-refractivity contribution in [3.8, 4) is 5.75 Å². The number of rotatable bonds is 4. The standard InChI is InChI=1S/C14H18BrNO2/c15-9-10-16(12-3-1-2-4-12)14(18)11-5-7-13(17)8-6-11/h5-8,12,17H,1-4,9-10H2. The second kappa shape index (κ2) is 6.23. The normalized spacial score (nSPS) is 15.8. The fraction of sp³-hybridized carbons (Fsp3) is 0.500. The van der Waals surface area contributed by atoms with Crippen LogP contribution in [0.25, 0.3) is 0 Å². The molecular formula is C14H18BrNO2. The number of aromatic hydroxyl groups is 1. The Bertz CT molecular complexity index is 399. The smallest absolute Gasteiger partial charge is 0.254 e. The fourth-order valence-corrected chi connectivity index (χ4v) is 2.91. The van der Waals surface area contributed by atoms with Crippen molar-refractivity contribution in [2.75, 3.05) is 11.9 Å². The Morgan fingerprint density at radius 2 is 1.89 bits per heavy atom. The molecule has 1 aliphatic carbocycles. The Labute approximate surface area is 116 Å². The van der Waals surface area contributed by atoms with Gasteiger partial charge in [-0.05, 0) is 37.1 Å². The summed E-state index contributed by atoms with van der Waals surface area (Å²) >= 11 is 3.42. The monoisotopic (exact) mass is 311 g/mol. The number of alkyl halides is 1. The summed E-state index contributed by atoms with van der Waals surface area (Å²) in [5.41, 5.74) is 0.653. The van der Waals surface area contributed by atoms with E-state index in [1.807, 2.05) is 4.90 Å². The molecule has 0 atom stereocenters. The van der Waals surface area contributed by atoms with E-state index >= 15 is 0 Å². The van der Waals surface area contributed by atoms with Gasteiger partial charge in [-0.15, -0.1) is 0 Å². The van der Waals surface area contributed by atoms with Crippen molar-refractivity contribution in [3.63, 3.8) is 0 Å². The lowest BCUT2D eigenvalue weighted by Crippen LogP contribution is -2.40. The summed E-state index contributed by atoms with van der Waals surface area (Å²) in [6.45, 7) is 0.740. The lowest BCUT2D eigenvalue weighted by atomic mass is 10.1. The third-order valence-electron chi connectivity index (χ3n) is 3.47. The van der Waals surface area contributed by atoms with Gasteiger partial charge in [0.1, 0.15) is 5.75 Å². The average molecular weight is 312 g/mol. The largest absolute Gasteiger partial charge is 0.508 e. The summed E-state index contributed by atoms with van der Waals surface area (Å²) < 4.78 is 0. The summed E-state index contributed by atoms with van der Waals surface area (Å²) in [6, 6.07) is 6.88. The first-order chi connectivity index (χ1) is 8.72. The molecule has 1 aromatic rings. The second-order valence-electron chi connectivity index (χ2n) is 4.67. The van der Waals surface area contributed by atoms with Gasteiger partial charge in [0, 0.05) is 23.5 Å². The maximum Gasteiger partial charge on any atom is 0.254 e. The van der Waals surface area contributed by atoms with Gasteiger partial charge in [0.15, 0.2) is 0 Å². The molecule has 18 heavy (non-hydrogen) atoms. The van der Waals surface area contributed by atoms with Crippen LogP contribution in [0.5, 0.6) is 5.75 Å². The van der Waals surface area contributed by atoms with E-state index in [-0.39, 0.29) is 11.7 Å². The Balaban J connectivity index is 2.14. The third-order valence-corrected chi connectivity index (χ3v) is 3.82. The number of phenolic OH excluding ortho intramolecular Hbond substituents is 1. The van der Waals surface area contributed by atoms with E-state index in [2.05, 4.69) is 15.9 Å². The maximum atomic E-state index is 12.5. The van der Waals surface area contributed by atoms with Crippen molar-refractivity contribution in [3.05, 3.63) is 29.8 Å². The average Bonchev–Trinajstić information content (AvgIpc) is 2.90. The number of carbonyl (C=O) groups excluding carboxylic acids is 1. The molecule has 0 unspecified atom stereocenters. The Morgan fingerprint density at radius 1 is 1.28 bits per heavy atom. The highest BCUT2D eigenvalue weighted by atomic mass is 79.9. The van der Waals surface area contributed by atoms with Crippen LogP contribution < -0.4 is 0 Å². The minimum atomic E-state index is 0.0707. The van der Waals surface area contributed by atoms with E-state index < -0.39 is 0 Å². The number of nitrogens with zero attached hydrogens (tertiary/aromatic N) is 1. The molecule has 0 heterocycles. The molecule has 0 radical (unpaired) electrons. The number of hydrogen-bond donors (Lipinski definition) is 1. The van der Waals surface area contributed by atoms with E-state index in [1.165, 1.54) is 12.8 Å². The van der Waals surface area contributed by atoms with Crippen molar-refractivity contribution in [1.82, 2.24) is 4.90 Å². The molecule has 0 saturated heterocycles. The first-order valence-electron chi connectivity index (χ1n) is 6.38. The van der Waals surface area contributed by atoms with E-state index in [0.29, 0.717) is 11.6 Å². The van der Waals surface area contributed by atoms with E-state index in [1.54, 1.807) is 24.3 Å². The Morgan fingerprint density at radius 3 is 2.44 bits per heavy atom. The molecule has 98 valence electrons. The second-order valence-corrected chi connectivity index (χ2v) is 5.47. The molecule has 1 N–H and O–H groups in total. The van der Waals surface area contributed by atoms with Gasteiger partial charge in [-0.25, -0.2) is 0 Å². The molecule has 1 fully saturated rings. The maximum absolute atomic E-state index is 12.5. The summed E-state index contributed by atoms with van der Waals surface area (Å²) in [5.74, 6) is 0.265. The molecule has 2 rings (SSSR count). The summed E-state index contributed by atoms with van der Waals surface area (Å²) in [6.07, 6.45) is 4.65. The van der Waals surface area contributed by atoms with Crippen molar-refractivity contribution < 1.29 is 9.90 Å². The Kier molecular flexibility index (Phi) is 4.64. The predicted octanol–water partition coefficient (Wildman–Crippen LogP) is 3.17. The van der Waals surface area contributed by atoms with E-state index in [0.717, 1.165) is 24.7 Å². The van der Waals surface area contributed by atoms with Crippen molar-refractivity contribution in [2.24, 2.45) is 0 Å². The number of halogens is 1. The number of phenols is 1. The van der Waals surface area contributed by atoms with Crippen molar-refractivity contribution in [2.45, 2.75) is 31.7 Å². The van der Waals surface area contributed by atoms with Gasteiger partial charge in [0.2, 0.25) is 0 Å². The molecule has 0 aliphatic heterocycles. The van der Waals surface area contributed by atoms with Crippen molar-refractivity contribution in [1.29, 1.82) is 0 Å². The van der Waals surface area contributed by atoms with Crippen LogP contribution >= 0.6 is 15.9 Å². The zero-order chi connectivity index (χ0) is 13.0. The summed E-state index contributed by atoms with van der Waals surface area (Å²) in [7, 11) is 0. The lowest BCUT2D eigenvalue weighted by molar-refractivity contribution is 0.0696. The molecule has 0 aromatic heterocycles. The van der Waals surface area contributed by atoms with Crippen LogP contribution in [0.15, 0.2) is 24.3 Å². The molecule has 3 nitrogen and oxygen atoms in total. The van der Waals surface area contributed by atoms with E-state index in [9.17, 15) is 9.90 Å². The molecule has 1 saturated carbocycles. The third kappa shape index (κ3) is 3.05. The highest BCUT2D eigenvalue weighted by Gasteiger charge is 2.26. The van der Waals surface area contributed by atoms with Gasteiger partial charge in [0.05, 0.1) is 0 Å². The number of amides is 1. The summed E-state index contributed by atoms with van der Waals surface area (Å²) in [5, 5.41) is 10.1. The van der Waals surface area contributed by atoms with Gasteiger partial charge in [-0.2, -0.15) is 0 Å². The van der Waals surface area contributed by atoms with Crippen LogP contribution in [0, 0.1) is 0 Å². The van der Waals surface area contributed by atoms with Gasteiger partial charge >= 0.3 is 0 Å². The topological polar surface area (TPSA) is 40.5 Å². The molecule has 0 bridgehead atoms. The predicted molar refractivity (Wildman–Crippen MR) is 75.2 cm³/mol. The SMILES string of the molecule is O=C(c1ccc(O)cc1)N(CCBr)C1CCCC1.